The van der Waals surface area contributed by atoms with E-state index >= 15 is 0 Å². The van der Waals surface area contributed by atoms with Crippen LogP contribution in [0.3, 0.4) is 0 Å². The van der Waals surface area contributed by atoms with E-state index in [1.54, 1.807) is 0 Å². The van der Waals surface area contributed by atoms with Crippen LogP contribution >= 0.6 is 11.8 Å². The van der Waals surface area contributed by atoms with E-state index in [-0.39, 0.29) is 0 Å². The van der Waals surface area contributed by atoms with Gasteiger partial charge in [0.05, 0.1) is 0 Å². The second kappa shape index (κ2) is 0.456. The Morgan fingerprint density at radius 2 is 2.00 bits per heavy atom. The molecule has 2 aliphatic rings. The molecule has 1 heteroatoms. The van der Waals surface area contributed by atoms with Crippen molar-refractivity contribution in [3.8, 4) is 0 Å². The van der Waals surface area contributed by atoms with Gasteiger partial charge in [-0.3, -0.25) is 0 Å². The third-order valence-electron chi connectivity index (χ3n) is 1.36. The van der Waals surface area contributed by atoms with Gasteiger partial charge in [-0.2, -0.15) is 11.8 Å². The van der Waals surface area contributed by atoms with Gasteiger partial charge in [0.15, 0.2) is 0 Å². The highest BCUT2D eigenvalue weighted by Crippen LogP contribution is 2.63. The zero-order valence-electron chi connectivity index (χ0n) is 3.03. The van der Waals surface area contributed by atoms with Gasteiger partial charge < -0.3 is 0 Å². The Kier molecular flexibility index (Phi) is 0.229. The van der Waals surface area contributed by atoms with Gasteiger partial charge in [0.2, 0.25) is 0 Å². The van der Waals surface area contributed by atoms with Gasteiger partial charge in [-0.05, 0) is 12.8 Å². The number of hydrogen-bond acceptors (Lipinski definition) is 1. The van der Waals surface area contributed by atoms with Crippen LogP contribution in [0.4, 0.5) is 0 Å². The van der Waals surface area contributed by atoms with Gasteiger partial charge in [0.1, 0.15) is 0 Å². The number of hydrogen-bond donors (Lipinski definition) is 0. The highest BCUT2D eigenvalue weighted by Gasteiger charge is 2.54. The van der Waals surface area contributed by atoms with Crippen LogP contribution in [-0.2, 0) is 0 Å². The van der Waals surface area contributed by atoms with Crippen LogP contribution in [0.15, 0.2) is 0 Å². The van der Waals surface area contributed by atoms with Crippen molar-refractivity contribution < 1.29 is 0 Å². The first kappa shape index (κ1) is 2.51. The quantitative estimate of drug-likeness (QED) is 0.400. The predicted molar refractivity (Wildman–Crippen MR) is 24.4 cm³/mol. The molecule has 1 heterocycles. The van der Waals surface area contributed by atoms with E-state index < -0.39 is 0 Å². The monoisotopic (exact) mass is 86.0 g/mol. The highest BCUT2D eigenvalue weighted by atomic mass is 32.2. The third-order valence-corrected chi connectivity index (χ3v) is 2.87. The van der Waals surface area contributed by atoms with Crippen molar-refractivity contribution >= 4 is 11.8 Å². The van der Waals surface area contributed by atoms with E-state index in [9.17, 15) is 0 Å². The fraction of sp³-hybridized carbons (Fsp3) is 1.00. The summed E-state index contributed by atoms with van der Waals surface area (Å²) in [5, 5.41) is 0. The molecule has 1 saturated heterocycles. The van der Waals surface area contributed by atoms with Crippen LogP contribution in [-0.4, -0.2) is 10.5 Å². The van der Waals surface area contributed by atoms with Crippen LogP contribution in [0, 0.1) is 0 Å². The minimum Gasteiger partial charge on any atom is -0.153 e. The molecular weight excluding hydrogens is 80.1 g/mol. The van der Waals surface area contributed by atoms with Crippen molar-refractivity contribution in [2.75, 3.05) is 5.75 Å². The Bertz CT molecular complexity index is 46.5. The van der Waals surface area contributed by atoms with Gasteiger partial charge in [-0.25, -0.2) is 0 Å². The lowest BCUT2D eigenvalue weighted by Crippen LogP contribution is -1.66. The minimum atomic E-state index is 0.917. The molecule has 2 fully saturated rings. The summed E-state index contributed by atoms with van der Waals surface area (Å²) in [6.07, 6.45) is 3.05. The summed E-state index contributed by atoms with van der Waals surface area (Å²) < 4.78 is 0.917. The molecule has 0 N–H and O–H groups in total. The van der Waals surface area contributed by atoms with Crippen LogP contribution in [0.25, 0.3) is 0 Å². The Morgan fingerprint density at radius 3 is 2.00 bits per heavy atom. The molecule has 2 rings (SSSR count). The summed E-state index contributed by atoms with van der Waals surface area (Å²) in [7, 11) is 0. The molecule has 0 amide bonds. The lowest BCUT2D eigenvalue weighted by molar-refractivity contribution is 1.20. The second-order valence-electron chi connectivity index (χ2n) is 1.97. The first-order valence-corrected chi connectivity index (χ1v) is 3.04. The smallest absolute Gasteiger partial charge is 0.0252 e. The predicted octanol–water partition coefficient (Wildman–Crippen LogP) is 1.27. The fourth-order valence-corrected chi connectivity index (χ4v) is 1.41. The lowest BCUT2D eigenvalue weighted by Gasteiger charge is -1.57. The normalized spacial score (nSPS) is 38.4. The molecule has 0 unspecified atom stereocenters. The maximum absolute atomic E-state index is 2.14. The van der Waals surface area contributed by atoms with Crippen molar-refractivity contribution in [2.45, 2.75) is 17.6 Å². The van der Waals surface area contributed by atoms with Crippen LogP contribution < -0.4 is 0 Å². The molecule has 5 heavy (non-hydrogen) atoms. The standard InChI is InChI=1S/C4H6S/c1-2-4(1)3-5-4/h1-3H2. The van der Waals surface area contributed by atoms with E-state index in [0.29, 0.717) is 0 Å². The molecule has 0 bridgehead atoms. The number of thioether (sulfide) groups is 1. The van der Waals surface area contributed by atoms with Gasteiger partial charge in [-0.1, -0.05) is 0 Å². The molecule has 0 nitrogen and oxygen atoms in total. The molecule has 28 valence electrons. The van der Waals surface area contributed by atoms with Gasteiger partial charge >= 0.3 is 0 Å². The zero-order chi connectivity index (χ0) is 3.33. The topological polar surface area (TPSA) is 0 Å². The van der Waals surface area contributed by atoms with Gasteiger partial charge in [0.25, 0.3) is 0 Å². The third kappa shape index (κ3) is 0.224. The summed E-state index contributed by atoms with van der Waals surface area (Å²) in [6.45, 7) is 0. The van der Waals surface area contributed by atoms with Gasteiger partial charge in [-0.15, -0.1) is 0 Å². The van der Waals surface area contributed by atoms with E-state index in [1.807, 2.05) is 0 Å². The van der Waals surface area contributed by atoms with Crippen LogP contribution in [0.1, 0.15) is 12.8 Å². The summed E-state index contributed by atoms with van der Waals surface area (Å²) in [4.78, 5) is 0. The minimum absolute atomic E-state index is 0.917. The summed E-state index contributed by atoms with van der Waals surface area (Å²) in [5.74, 6) is 1.48. The second-order valence-corrected chi connectivity index (χ2v) is 3.42. The van der Waals surface area contributed by atoms with Crippen molar-refractivity contribution in [1.29, 1.82) is 0 Å². The maximum atomic E-state index is 2.14. The largest absolute Gasteiger partial charge is 0.153 e. The molecule has 1 spiro atoms. The molecule has 1 aliphatic heterocycles. The van der Waals surface area contributed by atoms with E-state index in [1.165, 1.54) is 18.6 Å². The van der Waals surface area contributed by atoms with E-state index in [2.05, 4.69) is 11.8 Å². The van der Waals surface area contributed by atoms with Gasteiger partial charge in [0, 0.05) is 10.5 Å². The highest BCUT2D eigenvalue weighted by molar-refractivity contribution is 8.08. The van der Waals surface area contributed by atoms with Crippen molar-refractivity contribution in [3.63, 3.8) is 0 Å². The molecule has 0 radical (unpaired) electrons. The average molecular weight is 86.2 g/mol. The first-order chi connectivity index (χ1) is 2.41. The lowest BCUT2D eigenvalue weighted by atomic mass is 10.5. The summed E-state index contributed by atoms with van der Waals surface area (Å²) in [6, 6.07) is 0. The Balaban J connectivity index is 2.30. The maximum Gasteiger partial charge on any atom is 0.0252 e. The van der Waals surface area contributed by atoms with Crippen LogP contribution in [0.2, 0.25) is 0 Å². The van der Waals surface area contributed by atoms with Crippen molar-refractivity contribution in [1.82, 2.24) is 0 Å². The molecule has 1 saturated carbocycles. The van der Waals surface area contributed by atoms with E-state index in [0.717, 1.165) is 4.75 Å². The van der Waals surface area contributed by atoms with E-state index in [4.69, 9.17) is 0 Å². The zero-order valence-corrected chi connectivity index (χ0v) is 3.85. The summed E-state index contributed by atoms with van der Waals surface area (Å²) in [5.41, 5.74) is 0. The Labute approximate surface area is 35.9 Å². The van der Waals surface area contributed by atoms with Crippen molar-refractivity contribution in [2.24, 2.45) is 0 Å². The molecule has 1 aliphatic carbocycles. The molecular formula is C4H6S. The average Bonchev–Trinajstić information content (AvgIpc) is 2.17. The fourth-order valence-electron chi connectivity index (χ4n) is 0.530. The molecule has 0 aromatic rings. The van der Waals surface area contributed by atoms with Crippen LogP contribution in [0.5, 0.6) is 0 Å². The first-order valence-electron chi connectivity index (χ1n) is 2.05. The molecule has 0 atom stereocenters. The Hall–Kier alpha value is 0.350. The molecule has 0 aromatic heterocycles. The summed E-state index contributed by atoms with van der Waals surface area (Å²) >= 11 is 2.14. The SMILES string of the molecule is C1CC12CS2. The Morgan fingerprint density at radius 1 is 1.40 bits per heavy atom. The molecule has 0 aromatic carbocycles. The van der Waals surface area contributed by atoms with Crippen molar-refractivity contribution in [3.05, 3.63) is 0 Å². The number of rotatable bonds is 0.